The fourth-order valence-corrected chi connectivity index (χ4v) is 3.44. The van der Waals surface area contributed by atoms with Gasteiger partial charge in [0.2, 0.25) is 0 Å². The molecule has 2 N–H and O–H groups in total. The molecule has 0 saturated carbocycles. The Labute approximate surface area is 151 Å². The number of unbranched alkanes of at least 4 members (excludes halogenated alkanes) is 1. The van der Waals surface area contributed by atoms with Crippen molar-refractivity contribution in [1.82, 2.24) is 9.97 Å². The molecule has 0 bridgehead atoms. The van der Waals surface area contributed by atoms with E-state index in [9.17, 15) is 9.59 Å². The molecule has 0 unspecified atom stereocenters. The predicted octanol–water partition coefficient (Wildman–Crippen LogP) is 5.28. The van der Waals surface area contributed by atoms with Crippen molar-refractivity contribution in [3.05, 3.63) is 72.1 Å². The number of carbonyl (C=O) groups is 2. The fraction of sp³-hybridized carbons (Fsp3) is 0.182. The number of fused-ring (bicyclic) bond motifs is 2. The van der Waals surface area contributed by atoms with E-state index < -0.39 is 0 Å². The molecule has 2 heterocycles. The number of nitrogens with one attached hydrogen (secondary N) is 2. The molecule has 4 aromatic rings. The van der Waals surface area contributed by atoms with Gasteiger partial charge in [0.15, 0.2) is 11.6 Å². The van der Waals surface area contributed by atoms with Gasteiger partial charge in [0, 0.05) is 58.2 Å². The summed E-state index contributed by atoms with van der Waals surface area (Å²) < 4.78 is 0. The summed E-state index contributed by atoms with van der Waals surface area (Å²) in [5.41, 5.74) is 3.43. The van der Waals surface area contributed by atoms with Gasteiger partial charge in [-0.15, -0.1) is 0 Å². The van der Waals surface area contributed by atoms with Gasteiger partial charge < -0.3 is 9.97 Å². The van der Waals surface area contributed by atoms with Crippen LogP contribution in [0.5, 0.6) is 0 Å². The summed E-state index contributed by atoms with van der Waals surface area (Å²) >= 11 is 0. The maximum atomic E-state index is 12.5. The van der Waals surface area contributed by atoms with Crippen molar-refractivity contribution in [2.75, 3.05) is 0 Å². The smallest absolute Gasteiger partial charge is 0.165 e. The molecule has 0 saturated heterocycles. The molecule has 0 aliphatic heterocycles. The number of hydrogen-bond acceptors (Lipinski definition) is 2. The number of ketones is 2. The highest BCUT2D eigenvalue weighted by Gasteiger charge is 2.14. The molecule has 2 aromatic carbocycles. The summed E-state index contributed by atoms with van der Waals surface area (Å²) in [5, 5.41) is 1.93. The van der Waals surface area contributed by atoms with Gasteiger partial charge in [-0.2, -0.15) is 0 Å². The van der Waals surface area contributed by atoms with E-state index in [-0.39, 0.29) is 11.6 Å². The minimum atomic E-state index is 0.127. The lowest BCUT2D eigenvalue weighted by molar-refractivity contribution is 0.0956. The minimum Gasteiger partial charge on any atom is -0.360 e. The van der Waals surface area contributed by atoms with Crippen LogP contribution in [0, 0.1) is 0 Å². The molecule has 4 rings (SSSR count). The van der Waals surface area contributed by atoms with E-state index in [1.807, 2.05) is 48.5 Å². The van der Waals surface area contributed by atoms with Crippen LogP contribution in [-0.4, -0.2) is 21.5 Å². The van der Waals surface area contributed by atoms with E-state index in [2.05, 4.69) is 9.97 Å². The average Bonchev–Trinajstić information content (AvgIpc) is 3.29. The van der Waals surface area contributed by atoms with Gasteiger partial charge in [-0.05, 0) is 25.0 Å². The van der Waals surface area contributed by atoms with Crippen molar-refractivity contribution in [2.24, 2.45) is 0 Å². The van der Waals surface area contributed by atoms with Gasteiger partial charge >= 0.3 is 0 Å². The van der Waals surface area contributed by atoms with E-state index in [4.69, 9.17) is 0 Å². The van der Waals surface area contributed by atoms with E-state index in [1.165, 1.54) is 0 Å². The Kier molecular flexibility index (Phi) is 4.40. The zero-order valence-corrected chi connectivity index (χ0v) is 14.4. The Hall–Kier alpha value is -3.14. The highest BCUT2D eigenvalue weighted by Crippen LogP contribution is 2.22. The van der Waals surface area contributed by atoms with Crippen molar-refractivity contribution in [1.29, 1.82) is 0 Å². The van der Waals surface area contributed by atoms with Crippen LogP contribution < -0.4 is 0 Å². The maximum Gasteiger partial charge on any atom is 0.165 e. The molecular weight excluding hydrogens is 324 g/mol. The molecule has 4 nitrogen and oxygen atoms in total. The largest absolute Gasteiger partial charge is 0.360 e. The summed E-state index contributed by atoms with van der Waals surface area (Å²) in [5.74, 6) is 0.254. The summed E-state index contributed by atoms with van der Waals surface area (Å²) in [6.07, 6.45) is 5.92. The minimum absolute atomic E-state index is 0.127. The fourth-order valence-electron chi connectivity index (χ4n) is 3.44. The Morgan fingerprint density at radius 3 is 1.54 bits per heavy atom. The van der Waals surface area contributed by atoms with Crippen LogP contribution in [0.25, 0.3) is 21.8 Å². The second-order valence-corrected chi connectivity index (χ2v) is 6.55. The van der Waals surface area contributed by atoms with Gasteiger partial charge in [0.05, 0.1) is 0 Å². The van der Waals surface area contributed by atoms with Crippen LogP contribution >= 0.6 is 0 Å². The maximum absolute atomic E-state index is 12.5. The monoisotopic (exact) mass is 344 g/mol. The number of hydrogen-bond donors (Lipinski definition) is 2. The van der Waals surface area contributed by atoms with Gasteiger partial charge in [0.1, 0.15) is 0 Å². The topological polar surface area (TPSA) is 65.7 Å². The quantitative estimate of drug-likeness (QED) is 0.354. The van der Waals surface area contributed by atoms with Gasteiger partial charge in [-0.25, -0.2) is 0 Å². The van der Waals surface area contributed by atoms with E-state index in [1.54, 1.807) is 12.4 Å². The number of para-hydroxylation sites is 2. The summed E-state index contributed by atoms with van der Waals surface area (Å²) in [7, 11) is 0. The lowest BCUT2D eigenvalue weighted by Crippen LogP contribution is -2.01. The van der Waals surface area contributed by atoms with Crippen LogP contribution in [0.3, 0.4) is 0 Å². The van der Waals surface area contributed by atoms with E-state index in [0.29, 0.717) is 25.7 Å². The molecule has 0 amide bonds. The van der Waals surface area contributed by atoms with Gasteiger partial charge in [0.25, 0.3) is 0 Å². The molecule has 0 spiro atoms. The first kappa shape index (κ1) is 16.3. The molecule has 0 fully saturated rings. The molecule has 0 aliphatic rings. The van der Waals surface area contributed by atoms with Crippen LogP contribution in [0.2, 0.25) is 0 Å². The van der Waals surface area contributed by atoms with Crippen LogP contribution in [-0.2, 0) is 0 Å². The molecule has 26 heavy (non-hydrogen) atoms. The first-order valence-electron chi connectivity index (χ1n) is 8.92. The molecule has 4 heteroatoms. The van der Waals surface area contributed by atoms with Crippen molar-refractivity contribution in [2.45, 2.75) is 25.7 Å². The first-order valence-corrected chi connectivity index (χ1v) is 8.92. The normalized spacial score (nSPS) is 11.2. The zero-order chi connectivity index (χ0) is 17.9. The third kappa shape index (κ3) is 3.06. The number of rotatable bonds is 7. The van der Waals surface area contributed by atoms with Gasteiger partial charge in [-0.1, -0.05) is 36.4 Å². The summed E-state index contributed by atoms with van der Waals surface area (Å²) in [4.78, 5) is 31.2. The molecule has 0 radical (unpaired) electrons. The number of benzene rings is 2. The Morgan fingerprint density at radius 2 is 1.08 bits per heavy atom. The van der Waals surface area contributed by atoms with Crippen molar-refractivity contribution in [3.8, 4) is 0 Å². The third-order valence-corrected chi connectivity index (χ3v) is 4.84. The second kappa shape index (κ2) is 7.00. The highest BCUT2D eigenvalue weighted by atomic mass is 16.1. The molecule has 2 aromatic heterocycles. The van der Waals surface area contributed by atoms with E-state index in [0.717, 1.165) is 32.9 Å². The number of Topliss-reactive ketones (excluding diaryl/α,β-unsaturated/α-hetero) is 2. The number of aromatic nitrogens is 2. The van der Waals surface area contributed by atoms with Crippen molar-refractivity contribution in [3.63, 3.8) is 0 Å². The van der Waals surface area contributed by atoms with Gasteiger partial charge in [-0.3, -0.25) is 9.59 Å². The number of carbonyl (C=O) groups excluding carboxylic acids is 2. The molecule has 0 aliphatic carbocycles. The average molecular weight is 344 g/mol. The first-order chi connectivity index (χ1) is 12.7. The summed E-state index contributed by atoms with van der Waals surface area (Å²) in [6, 6.07) is 15.6. The van der Waals surface area contributed by atoms with Crippen molar-refractivity contribution >= 4 is 33.4 Å². The SMILES string of the molecule is O=C(CCCCC(=O)c1c[nH]c2ccccc12)c1c[nH]c2ccccc12. The lowest BCUT2D eigenvalue weighted by Gasteiger charge is -2.01. The second-order valence-electron chi connectivity index (χ2n) is 6.55. The summed E-state index contributed by atoms with van der Waals surface area (Å²) in [6.45, 7) is 0. The third-order valence-electron chi connectivity index (χ3n) is 4.84. The van der Waals surface area contributed by atoms with Crippen LogP contribution in [0.1, 0.15) is 46.4 Å². The zero-order valence-electron chi connectivity index (χ0n) is 14.4. The highest BCUT2D eigenvalue weighted by molar-refractivity contribution is 6.08. The Bertz CT molecular complexity index is 1000. The van der Waals surface area contributed by atoms with Crippen molar-refractivity contribution < 1.29 is 9.59 Å². The molecular formula is C22H20N2O2. The number of aromatic amines is 2. The Balaban J connectivity index is 1.33. The van der Waals surface area contributed by atoms with Crippen LogP contribution in [0.15, 0.2) is 60.9 Å². The number of H-pyrrole nitrogens is 2. The molecule has 0 atom stereocenters. The predicted molar refractivity (Wildman–Crippen MR) is 104 cm³/mol. The lowest BCUT2D eigenvalue weighted by atomic mass is 10.0. The van der Waals surface area contributed by atoms with E-state index >= 15 is 0 Å². The van der Waals surface area contributed by atoms with Crippen LogP contribution in [0.4, 0.5) is 0 Å². The standard InChI is InChI=1S/C22H20N2O2/c25-21(17-13-23-19-9-3-1-7-15(17)19)11-5-6-12-22(26)18-14-24-20-10-4-2-8-16(18)20/h1-4,7-10,13-14,23-24H,5-6,11-12H2. The molecule has 130 valence electrons. The Morgan fingerprint density at radius 1 is 0.654 bits per heavy atom.